The Labute approximate surface area is 167 Å². The predicted molar refractivity (Wildman–Crippen MR) is 92.3 cm³/mol. The Morgan fingerprint density at radius 1 is 1.13 bits per heavy atom. The lowest BCUT2D eigenvalue weighted by Gasteiger charge is -2.29. The number of benzene rings is 1. The van der Waals surface area contributed by atoms with Crippen molar-refractivity contribution in [1.82, 2.24) is 19.4 Å². The van der Waals surface area contributed by atoms with Gasteiger partial charge in [-0.2, -0.15) is 30.8 Å². The summed E-state index contributed by atoms with van der Waals surface area (Å²) in [6.07, 6.45) is -3.93. The van der Waals surface area contributed by atoms with Crippen LogP contribution in [0.5, 0.6) is 0 Å². The second-order valence-corrected chi connectivity index (χ2v) is 8.59. The minimum atomic E-state index is -4.81. The van der Waals surface area contributed by atoms with Crippen LogP contribution in [-0.2, 0) is 32.3 Å². The first-order valence-corrected chi connectivity index (χ1v) is 10.1. The molecule has 3 heterocycles. The number of halogens is 3. The number of aromatic nitrogens is 2. The number of imide groups is 1. The summed E-state index contributed by atoms with van der Waals surface area (Å²) in [6.45, 7) is 0.0424. The van der Waals surface area contributed by atoms with Crippen molar-refractivity contribution >= 4 is 27.7 Å². The molecule has 1 aromatic heterocycles. The van der Waals surface area contributed by atoms with E-state index in [9.17, 15) is 36.0 Å². The van der Waals surface area contributed by atoms with Gasteiger partial charge in [-0.15, -0.1) is 0 Å². The highest BCUT2D eigenvalue weighted by Gasteiger charge is 2.40. The third-order valence-electron chi connectivity index (χ3n) is 4.90. The van der Waals surface area contributed by atoms with Crippen molar-refractivity contribution in [2.75, 3.05) is 0 Å². The number of nitrogens with one attached hydrogen (secondary N) is 1. The first-order valence-electron chi connectivity index (χ1n) is 8.64. The molecule has 2 aliphatic rings. The van der Waals surface area contributed by atoms with Gasteiger partial charge in [-0.05, 0) is 30.2 Å². The molecule has 4 rings (SSSR count). The number of piperidine rings is 1. The molecule has 1 aromatic carbocycles. The number of nitrogens with zero attached hydrogens (tertiary/aromatic N) is 3. The highest BCUT2D eigenvalue weighted by atomic mass is 32.2. The molecule has 1 fully saturated rings. The summed E-state index contributed by atoms with van der Waals surface area (Å²) in [5.41, 5.74) is -0.892. The van der Waals surface area contributed by atoms with Gasteiger partial charge in [0.15, 0.2) is 5.69 Å². The van der Waals surface area contributed by atoms with Gasteiger partial charge in [0.1, 0.15) is 6.04 Å². The third kappa shape index (κ3) is 3.24. The van der Waals surface area contributed by atoms with Crippen LogP contribution in [0.4, 0.5) is 13.2 Å². The third-order valence-corrected chi connectivity index (χ3v) is 6.45. The number of alkyl halides is 3. The lowest BCUT2D eigenvalue weighted by molar-refractivity contribution is -0.141. The summed E-state index contributed by atoms with van der Waals surface area (Å²) in [6, 6.07) is 3.22. The molecule has 9 nitrogen and oxygen atoms in total. The molecular formula is C17H13F3N4O5S. The number of carbonyl (C=O) groups excluding carboxylic acids is 3. The highest BCUT2D eigenvalue weighted by molar-refractivity contribution is 7.89. The molecule has 3 amide bonds. The molecule has 2 aliphatic heterocycles. The smallest absolute Gasteiger partial charge is 0.322 e. The van der Waals surface area contributed by atoms with E-state index >= 15 is 0 Å². The zero-order valence-electron chi connectivity index (χ0n) is 15.0. The van der Waals surface area contributed by atoms with E-state index in [-0.39, 0.29) is 29.0 Å². The van der Waals surface area contributed by atoms with Gasteiger partial charge in [-0.25, -0.2) is 0 Å². The van der Waals surface area contributed by atoms with E-state index in [4.69, 9.17) is 0 Å². The zero-order valence-corrected chi connectivity index (χ0v) is 15.8. The van der Waals surface area contributed by atoms with Crippen molar-refractivity contribution in [3.05, 3.63) is 47.3 Å². The monoisotopic (exact) mass is 442 g/mol. The molecule has 0 radical (unpaired) electrons. The molecule has 1 N–H and O–H groups in total. The second kappa shape index (κ2) is 6.65. The SMILES string of the molecule is O=C1CCC(N2Cc3ccc(S(=O)(=O)n4ccc(C(F)(F)F)n4)cc3C2=O)C(=O)N1. The number of hydrogen-bond acceptors (Lipinski definition) is 6. The number of fused-ring (bicyclic) bond motifs is 1. The summed E-state index contributed by atoms with van der Waals surface area (Å²) in [7, 11) is -4.47. The topological polar surface area (TPSA) is 118 Å². The van der Waals surface area contributed by atoms with Gasteiger partial charge >= 0.3 is 6.18 Å². The molecule has 30 heavy (non-hydrogen) atoms. The summed E-state index contributed by atoms with van der Waals surface area (Å²) in [5.74, 6) is -1.66. The van der Waals surface area contributed by atoms with E-state index in [1.165, 1.54) is 11.0 Å². The van der Waals surface area contributed by atoms with Gasteiger partial charge in [-0.1, -0.05) is 6.07 Å². The molecular weight excluding hydrogens is 429 g/mol. The maximum Gasteiger partial charge on any atom is 0.435 e. The lowest BCUT2D eigenvalue weighted by Crippen LogP contribution is -2.52. The fourth-order valence-electron chi connectivity index (χ4n) is 3.39. The van der Waals surface area contributed by atoms with Gasteiger partial charge in [0, 0.05) is 24.7 Å². The average Bonchev–Trinajstić information content (AvgIpc) is 3.28. The van der Waals surface area contributed by atoms with Crippen molar-refractivity contribution in [2.45, 2.75) is 36.5 Å². The Morgan fingerprint density at radius 3 is 2.50 bits per heavy atom. The number of hydrogen-bond donors (Lipinski definition) is 1. The molecule has 1 atom stereocenters. The van der Waals surface area contributed by atoms with E-state index in [0.717, 1.165) is 12.1 Å². The van der Waals surface area contributed by atoms with Crippen LogP contribution in [0.3, 0.4) is 0 Å². The summed E-state index contributed by atoms with van der Waals surface area (Å²) in [5, 5.41) is 5.23. The fourth-order valence-corrected chi connectivity index (χ4v) is 4.53. The van der Waals surface area contributed by atoms with E-state index in [1.807, 2.05) is 0 Å². The summed E-state index contributed by atoms with van der Waals surface area (Å²) >= 11 is 0. The first-order chi connectivity index (χ1) is 14.0. The molecule has 0 spiro atoms. The van der Waals surface area contributed by atoms with Crippen LogP contribution >= 0.6 is 0 Å². The average molecular weight is 442 g/mol. The zero-order chi connectivity index (χ0) is 21.8. The van der Waals surface area contributed by atoms with Crippen molar-refractivity contribution in [1.29, 1.82) is 0 Å². The predicted octanol–water partition coefficient (Wildman–Crippen LogP) is 0.900. The van der Waals surface area contributed by atoms with Gasteiger partial charge in [0.25, 0.3) is 15.9 Å². The Kier molecular flexibility index (Phi) is 4.45. The largest absolute Gasteiger partial charge is 0.435 e. The van der Waals surface area contributed by atoms with Crippen LogP contribution in [-0.4, -0.2) is 46.3 Å². The Balaban J connectivity index is 1.64. The minimum Gasteiger partial charge on any atom is -0.322 e. The molecule has 0 aliphatic carbocycles. The van der Waals surface area contributed by atoms with Crippen LogP contribution in [0.1, 0.15) is 34.5 Å². The van der Waals surface area contributed by atoms with Gasteiger partial charge < -0.3 is 4.90 Å². The first kappa shape index (κ1) is 20.1. The van der Waals surface area contributed by atoms with Crippen LogP contribution < -0.4 is 5.32 Å². The van der Waals surface area contributed by atoms with Crippen LogP contribution in [0.15, 0.2) is 35.4 Å². The molecule has 13 heteroatoms. The van der Waals surface area contributed by atoms with Gasteiger partial charge in [0.2, 0.25) is 11.8 Å². The van der Waals surface area contributed by atoms with Crippen LogP contribution in [0, 0.1) is 0 Å². The highest BCUT2D eigenvalue weighted by Crippen LogP contribution is 2.31. The molecule has 1 saturated heterocycles. The fraction of sp³-hybridized carbons (Fsp3) is 0.294. The van der Waals surface area contributed by atoms with Crippen LogP contribution in [0.2, 0.25) is 0 Å². The maximum atomic E-state index is 12.8. The molecule has 0 saturated carbocycles. The van der Waals surface area contributed by atoms with Crippen molar-refractivity contribution in [3.63, 3.8) is 0 Å². The number of amides is 3. The van der Waals surface area contributed by atoms with Crippen molar-refractivity contribution < 1.29 is 36.0 Å². The van der Waals surface area contributed by atoms with E-state index in [1.54, 1.807) is 0 Å². The number of rotatable bonds is 3. The Hall–Kier alpha value is -3.22. The normalized spacial score (nSPS) is 19.8. The quantitative estimate of drug-likeness (QED) is 0.706. The Morgan fingerprint density at radius 2 is 1.87 bits per heavy atom. The standard InChI is InChI=1S/C17H13F3N4O5S/c18-17(19,20)13-5-6-24(22-13)30(28,29)10-2-1-9-8-23(16(27)11(9)7-10)12-3-4-14(25)21-15(12)26/h1-2,5-7,12H,3-4,8H2,(H,21,25,26). The molecule has 2 aromatic rings. The van der Waals surface area contributed by atoms with E-state index in [2.05, 4.69) is 10.4 Å². The molecule has 1 unspecified atom stereocenters. The molecule has 0 bridgehead atoms. The van der Waals surface area contributed by atoms with E-state index < -0.39 is 50.6 Å². The lowest BCUT2D eigenvalue weighted by atomic mass is 10.0. The van der Waals surface area contributed by atoms with Gasteiger partial charge in [-0.3, -0.25) is 19.7 Å². The minimum absolute atomic E-state index is 0.0176. The summed E-state index contributed by atoms with van der Waals surface area (Å²) < 4.78 is 63.7. The Bertz CT molecular complexity index is 1190. The molecule has 158 valence electrons. The number of carbonyl (C=O) groups is 3. The summed E-state index contributed by atoms with van der Waals surface area (Å²) in [4.78, 5) is 36.9. The van der Waals surface area contributed by atoms with Crippen molar-refractivity contribution in [2.24, 2.45) is 0 Å². The second-order valence-electron chi connectivity index (χ2n) is 6.80. The van der Waals surface area contributed by atoms with E-state index in [0.29, 0.717) is 17.8 Å². The maximum absolute atomic E-state index is 12.8. The van der Waals surface area contributed by atoms with Crippen LogP contribution in [0.25, 0.3) is 0 Å². The van der Waals surface area contributed by atoms with Gasteiger partial charge in [0.05, 0.1) is 4.90 Å². The van der Waals surface area contributed by atoms with Crippen molar-refractivity contribution in [3.8, 4) is 0 Å².